The van der Waals surface area contributed by atoms with E-state index in [1.807, 2.05) is 55.3 Å². The topological polar surface area (TPSA) is 74.6 Å². The van der Waals surface area contributed by atoms with Crippen LogP contribution in [0.25, 0.3) is 21.8 Å². The first-order valence-corrected chi connectivity index (χ1v) is 13.2. The van der Waals surface area contributed by atoms with E-state index in [0.29, 0.717) is 23.1 Å². The molecule has 1 aliphatic heterocycles. The van der Waals surface area contributed by atoms with Crippen LogP contribution >= 0.6 is 23.2 Å². The molecule has 9 heteroatoms. The lowest BCUT2D eigenvalue weighted by molar-refractivity contribution is 0.0225. The molecule has 3 aromatic carbocycles. The van der Waals surface area contributed by atoms with Gasteiger partial charge in [-0.05, 0) is 62.5 Å². The number of benzene rings is 3. The van der Waals surface area contributed by atoms with Crippen LogP contribution in [-0.2, 0) is 10.0 Å². The molecule has 4 aromatic rings. The number of fused-ring (bicyclic) bond motifs is 3. The molecule has 1 aliphatic rings. The summed E-state index contributed by atoms with van der Waals surface area (Å²) in [7, 11) is -1.88. The Kier molecular flexibility index (Phi) is 6.13. The van der Waals surface area contributed by atoms with Crippen molar-refractivity contribution in [1.82, 2.24) is 14.2 Å². The maximum absolute atomic E-state index is 13.1. The van der Waals surface area contributed by atoms with Gasteiger partial charge in [0.2, 0.25) is 10.0 Å². The zero-order chi connectivity index (χ0) is 24.2. The predicted octanol–water partition coefficient (Wildman–Crippen LogP) is 4.60. The molecule has 2 heterocycles. The SMILES string of the molecule is Cc1ccc(S(=O)(=O)N[C@@H]2CN(C)C[C@H](n3c4ccc(Cl)cc4c4cc(Cl)ccc43)[C@H]2O)cc1. The van der Waals surface area contributed by atoms with E-state index in [4.69, 9.17) is 23.2 Å². The molecule has 0 radical (unpaired) electrons. The molecule has 0 amide bonds. The van der Waals surface area contributed by atoms with Gasteiger partial charge in [0.05, 0.1) is 23.1 Å². The summed E-state index contributed by atoms with van der Waals surface area (Å²) in [6, 6.07) is 16.9. The number of likely N-dealkylation sites (tertiary alicyclic amines) is 1. The highest BCUT2D eigenvalue weighted by Crippen LogP contribution is 2.37. The van der Waals surface area contributed by atoms with Gasteiger partial charge < -0.3 is 14.6 Å². The number of rotatable bonds is 4. The molecule has 0 bridgehead atoms. The largest absolute Gasteiger partial charge is 0.389 e. The van der Waals surface area contributed by atoms with Crippen LogP contribution in [0.4, 0.5) is 0 Å². The Morgan fingerprint density at radius 1 is 0.912 bits per heavy atom. The van der Waals surface area contributed by atoms with Crippen LogP contribution in [0.1, 0.15) is 11.6 Å². The molecule has 1 saturated heterocycles. The fraction of sp³-hybridized carbons (Fsp3) is 0.280. The smallest absolute Gasteiger partial charge is 0.240 e. The van der Waals surface area contributed by atoms with Gasteiger partial charge in [-0.1, -0.05) is 40.9 Å². The molecule has 0 unspecified atom stereocenters. The number of aryl methyl sites for hydroxylation is 1. The number of piperidine rings is 1. The molecule has 0 saturated carbocycles. The summed E-state index contributed by atoms with van der Waals surface area (Å²) in [4.78, 5) is 2.21. The van der Waals surface area contributed by atoms with Gasteiger partial charge in [0.25, 0.3) is 0 Å². The summed E-state index contributed by atoms with van der Waals surface area (Å²) >= 11 is 12.6. The van der Waals surface area contributed by atoms with E-state index in [1.54, 1.807) is 24.3 Å². The van der Waals surface area contributed by atoms with Gasteiger partial charge in [-0.3, -0.25) is 0 Å². The molecule has 34 heavy (non-hydrogen) atoms. The Labute approximate surface area is 208 Å². The van der Waals surface area contributed by atoms with Gasteiger partial charge in [0, 0.05) is 44.9 Å². The summed E-state index contributed by atoms with van der Waals surface area (Å²) < 4.78 is 31.0. The van der Waals surface area contributed by atoms with E-state index in [9.17, 15) is 13.5 Å². The normalized spacial score (nSPS) is 22.0. The molecule has 5 rings (SSSR count). The average molecular weight is 518 g/mol. The first-order chi connectivity index (χ1) is 16.1. The van der Waals surface area contributed by atoms with Gasteiger partial charge in [0.1, 0.15) is 0 Å². The number of aromatic nitrogens is 1. The number of hydrogen-bond acceptors (Lipinski definition) is 4. The predicted molar refractivity (Wildman–Crippen MR) is 137 cm³/mol. The summed E-state index contributed by atoms with van der Waals surface area (Å²) in [5.41, 5.74) is 2.78. The van der Waals surface area contributed by atoms with Crippen molar-refractivity contribution in [1.29, 1.82) is 0 Å². The van der Waals surface area contributed by atoms with Crippen molar-refractivity contribution in [3.63, 3.8) is 0 Å². The van der Waals surface area contributed by atoms with Gasteiger partial charge in [0.15, 0.2) is 0 Å². The maximum Gasteiger partial charge on any atom is 0.240 e. The quantitative estimate of drug-likeness (QED) is 0.414. The number of aliphatic hydroxyl groups is 1. The van der Waals surface area contributed by atoms with Crippen molar-refractivity contribution in [2.24, 2.45) is 0 Å². The van der Waals surface area contributed by atoms with Crippen LogP contribution in [0.15, 0.2) is 65.6 Å². The zero-order valence-corrected chi connectivity index (χ0v) is 21.1. The number of halogens is 2. The molecular weight excluding hydrogens is 493 g/mol. The molecule has 3 atom stereocenters. The Balaban J connectivity index is 1.57. The lowest BCUT2D eigenvalue weighted by Crippen LogP contribution is -2.58. The standard InChI is InChI=1S/C25H25Cl2N3O3S/c1-15-3-7-18(8-4-15)34(32,33)28-21-13-29(2)14-24(25(21)31)30-22-9-5-16(26)11-19(22)20-12-17(27)6-10-23(20)30/h3-12,21,24-25,28,31H,13-14H2,1-2H3/t21-,24+,25+/m1/s1. The van der Waals surface area contributed by atoms with E-state index < -0.39 is 28.2 Å². The maximum atomic E-state index is 13.1. The number of nitrogens with one attached hydrogen (secondary N) is 1. The molecule has 1 fully saturated rings. The second kappa shape index (κ2) is 8.82. The summed E-state index contributed by atoms with van der Waals surface area (Å²) in [5.74, 6) is 0. The molecule has 178 valence electrons. The molecule has 0 aliphatic carbocycles. The van der Waals surface area contributed by atoms with Crippen LogP contribution < -0.4 is 4.72 Å². The van der Waals surface area contributed by atoms with Crippen LogP contribution in [-0.4, -0.2) is 55.3 Å². The van der Waals surface area contributed by atoms with Crippen LogP contribution in [0.2, 0.25) is 10.0 Å². The third-order valence-corrected chi connectivity index (χ3v) is 8.49. The summed E-state index contributed by atoms with van der Waals surface area (Å²) in [5, 5.41) is 14.6. The van der Waals surface area contributed by atoms with Crippen molar-refractivity contribution in [2.75, 3.05) is 20.1 Å². The van der Waals surface area contributed by atoms with Gasteiger partial charge in [-0.2, -0.15) is 0 Å². The van der Waals surface area contributed by atoms with E-state index in [1.165, 1.54) is 0 Å². The molecule has 2 N–H and O–H groups in total. The fourth-order valence-electron chi connectivity index (χ4n) is 4.90. The molecule has 0 spiro atoms. The van der Waals surface area contributed by atoms with Crippen molar-refractivity contribution < 1.29 is 13.5 Å². The van der Waals surface area contributed by atoms with Crippen molar-refractivity contribution in [3.05, 3.63) is 76.3 Å². The Hall–Kier alpha value is -2.13. The number of sulfonamides is 1. The zero-order valence-electron chi connectivity index (χ0n) is 18.7. The average Bonchev–Trinajstić information content (AvgIpc) is 3.09. The van der Waals surface area contributed by atoms with Crippen LogP contribution in [0.5, 0.6) is 0 Å². The fourth-order valence-corrected chi connectivity index (χ4v) is 6.48. The van der Waals surface area contributed by atoms with Crippen LogP contribution in [0.3, 0.4) is 0 Å². The van der Waals surface area contributed by atoms with Crippen molar-refractivity contribution in [3.8, 4) is 0 Å². The number of hydrogen-bond donors (Lipinski definition) is 2. The van der Waals surface area contributed by atoms with Crippen molar-refractivity contribution in [2.45, 2.75) is 30.0 Å². The first-order valence-electron chi connectivity index (χ1n) is 11.0. The first kappa shape index (κ1) is 23.6. The van der Waals surface area contributed by atoms with E-state index in [-0.39, 0.29) is 4.90 Å². The molecule has 6 nitrogen and oxygen atoms in total. The lowest BCUT2D eigenvalue weighted by Gasteiger charge is -2.41. The molecular formula is C25H25Cl2N3O3S. The Morgan fingerprint density at radius 2 is 1.47 bits per heavy atom. The van der Waals surface area contributed by atoms with Crippen molar-refractivity contribution >= 4 is 55.0 Å². The Bertz CT molecular complexity index is 1430. The second-order valence-corrected chi connectivity index (χ2v) is 11.6. The number of likely N-dealkylation sites (N-methyl/N-ethyl adjacent to an activating group) is 1. The minimum absolute atomic E-state index is 0.177. The highest BCUT2D eigenvalue weighted by Gasteiger charge is 2.39. The second-order valence-electron chi connectivity index (χ2n) is 9.01. The van der Waals surface area contributed by atoms with E-state index in [0.717, 1.165) is 27.4 Å². The highest BCUT2D eigenvalue weighted by atomic mass is 35.5. The lowest BCUT2D eigenvalue weighted by atomic mass is 9.97. The summed E-state index contributed by atoms with van der Waals surface area (Å²) in [6.07, 6.45) is -0.957. The third-order valence-electron chi connectivity index (χ3n) is 6.51. The van der Waals surface area contributed by atoms with Gasteiger partial charge in [-0.15, -0.1) is 0 Å². The number of nitrogens with zero attached hydrogens (tertiary/aromatic N) is 2. The molecule has 1 aromatic heterocycles. The monoisotopic (exact) mass is 517 g/mol. The minimum Gasteiger partial charge on any atom is -0.389 e. The van der Waals surface area contributed by atoms with Crippen LogP contribution in [0, 0.1) is 6.92 Å². The van der Waals surface area contributed by atoms with Gasteiger partial charge >= 0.3 is 0 Å². The van der Waals surface area contributed by atoms with E-state index in [2.05, 4.69) is 9.29 Å². The third kappa shape index (κ3) is 4.21. The number of aliphatic hydroxyl groups excluding tert-OH is 1. The van der Waals surface area contributed by atoms with E-state index >= 15 is 0 Å². The minimum atomic E-state index is -3.80. The van der Waals surface area contributed by atoms with Gasteiger partial charge in [-0.25, -0.2) is 13.1 Å². The highest BCUT2D eigenvalue weighted by molar-refractivity contribution is 7.89. The Morgan fingerprint density at radius 3 is 2.03 bits per heavy atom. The summed E-state index contributed by atoms with van der Waals surface area (Å²) in [6.45, 7) is 2.84.